The van der Waals surface area contributed by atoms with Gasteiger partial charge in [0.15, 0.2) is 0 Å². The van der Waals surface area contributed by atoms with Crippen LogP contribution in [-0.2, 0) is 11.2 Å². The Labute approximate surface area is 208 Å². The second-order valence-electron chi connectivity index (χ2n) is 7.38. The highest BCUT2D eigenvalue weighted by Gasteiger charge is 2.23. The van der Waals surface area contributed by atoms with Crippen molar-refractivity contribution in [3.63, 3.8) is 0 Å². The van der Waals surface area contributed by atoms with Crippen LogP contribution >= 0.6 is 22.9 Å². The van der Waals surface area contributed by atoms with Crippen LogP contribution < -0.4 is 16.0 Å². The number of nitrogens with zero attached hydrogens (tertiary/aromatic N) is 2. The summed E-state index contributed by atoms with van der Waals surface area (Å²) in [5.41, 5.74) is 1.74. The van der Waals surface area contributed by atoms with Gasteiger partial charge in [0.1, 0.15) is 22.7 Å². The molecule has 0 radical (unpaired) electrons. The van der Waals surface area contributed by atoms with Crippen molar-refractivity contribution in [2.24, 2.45) is 0 Å². The van der Waals surface area contributed by atoms with Gasteiger partial charge in [0, 0.05) is 17.7 Å². The zero-order chi connectivity index (χ0) is 24.8. The molecule has 1 atom stereocenters. The number of carbonyl (C=O) groups is 2. The highest BCUT2D eigenvalue weighted by atomic mass is 35.5. The lowest BCUT2D eigenvalue weighted by Gasteiger charge is -2.18. The van der Waals surface area contributed by atoms with Crippen molar-refractivity contribution in [3.05, 3.63) is 95.0 Å². The Morgan fingerprint density at radius 1 is 0.943 bits per heavy atom. The van der Waals surface area contributed by atoms with E-state index in [0.29, 0.717) is 10.6 Å². The third-order valence-electron chi connectivity index (χ3n) is 4.83. The SMILES string of the molecule is O=C(Nc1ccc(F)c(Cl)c1)NC(Cc1ccccc1)C(=O)Nc1nnc(-c2ccc(F)cc2)s1. The van der Waals surface area contributed by atoms with Gasteiger partial charge in [-0.15, -0.1) is 10.2 Å². The number of hydrogen-bond acceptors (Lipinski definition) is 5. The summed E-state index contributed by atoms with van der Waals surface area (Å²) in [7, 11) is 0. The molecule has 0 aliphatic carbocycles. The van der Waals surface area contributed by atoms with Crippen LogP contribution in [0.3, 0.4) is 0 Å². The second-order valence-corrected chi connectivity index (χ2v) is 8.76. The van der Waals surface area contributed by atoms with Crippen LogP contribution in [0.4, 0.5) is 24.4 Å². The molecule has 3 amide bonds. The summed E-state index contributed by atoms with van der Waals surface area (Å²) in [5, 5.41) is 16.4. The van der Waals surface area contributed by atoms with E-state index in [-0.39, 0.29) is 28.1 Å². The van der Waals surface area contributed by atoms with E-state index < -0.39 is 23.8 Å². The maximum atomic E-state index is 13.4. The summed E-state index contributed by atoms with van der Waals surface area (Å²) in [4.78, 5) is 25.6. The molecule has 0 bridgehead atoms. The minimum absolute atomic E-state index is 0.144. The first-order valence-electron chi connectivity index (χ1n) is 10.3. The molecule has 0 spiro atoms. The largest absolute Gasteiger partial charge is 0.326 e. The maximum Gasteiger partial charge on any atom is 0.319 e. The fourth-order valence-electron chi connectivity index (χ4n) is 3.13. The third kappa shape index (κ3) is 6.58. The van der Waals surface area contributed by atoms with Gasteiger partial charge < -0.3 is 10.6 Å². The maximum absolute atomic E-state index is 13.4. The van der Waals surface area contributed by atoms with Gasteiger partial charge >= 0.3 is 6.03 Å². The molecule has 178 valence electrons. The molecule has 1 heterocycles. The van der Waals surface area contributed by atoms with Crippen molar-refractivity contribution >= 4 is 45.7 Å². The van der Waals surface area contributed by atoms with Gasteiger partial charge in [0.2, 0.25) is 11.0 Å². The van der Waals surface area contributed by atoms with E-state index in [9.17, 15) is 18.4 Å². The summed E-state index contributed by atoms with van der Waals surface area (Å²) >= 11 is 6.88. The van der Waals surface area contributed by atoms with Crippen molar-refractivity contribution in [2.45, 2.75) is 12.5 Å². The van der Waals surface area contributed by atoms with Crippen LogP contribution in [0.25, 0.3) is 10.6 Å². The number of benzene rings is 3. The van der Waals surface area contributed by atoms with Crippen LogP contribution in [0.1, 0.15) is 5.56 Å². The van der Waals surface area contributed by atoms with Crippen molar-refractivity contribution < 1.29 is 18.4 Å². The van der Waals surface area contributed by atoms with E-state index >= 15 is 0 Å². The molecule has 0 saturated heterocycles. The Kier molecular flexibility index (Phi) is 7.64. The molecule has 0 aliphatic rings. The number of halogens is 3. The molecule has 1 unspecified atom stereocenters. The summed E-state index contributed by atoms with van der Waals surface area (Å²) < 4.78 is 26.6. The zero-order valence-corrected chi connectivity index (χ0v) is 19.5. The van der Waals surface area contributed by atoms with Crippen molar-refractivity contribution in [1.29, 1.82) is 0 Å². The Bertz CT molecular complexity index is 1340. The lowest BCUT2D eigenvalue weighted by Crippen LogP contribution is -2.46. The molecule has 1 aromatic heterocycles. The average molecular weight is 514 g/mol. The Hall–Kier alpha value is -3.89. The molecule has 7 nitrogen and oxygen atoms in total. The summed E-state index contributed by atoms with van der Waals surface area (Å²) in [6.45, 7) is 0. The monoisotopic (exact) mass is 513 g/mol. The molecule has 0 aliphatic heterocycles. The molecule has 35 heavy (non-hydrogen) atoms. The minimum Gasteiger partial charge on any atom is -0.326 e. The molecule has 3 aromatic carbocycles. The number of amides is 3. The lowest BCUT2D eigenvalue weighted by molar-refractivity contribution is -0.117. The van der Waals surface area contributed by atoms with Gasteiger partial charge in [0.05, 0.1) is 5.02 Å². The number of hydrogen-bond donors (Lipinski definition) is 3. The lowest BCUT2D eigenvalue weighted by atomic mass is 10.1. The first kappa shape index (κ1) is 24.2. The van der Waals surface area contributed by atoms with E-state index in [1.807, 2.05) is 30.3 Å². The van der Waals surface area contributed by atoms with Crippen LogP contribution in [0.5, 0.6) is 0 Å². The number of carbonyl (C=O) groups excluding carboxylic acids is 2. The topological polar surface area (TPSA) is 96.0 Å². The summed E-state index contributed by atoms with van der Waals surface area (Å²) in [6.07, 6.45) is 0.202. The standard InChI is InChI=1S/C24H18ClF2N5O2S/c25-18-13-17(10-11-19(18)27)28-23(34)29-20(12-14-4-2-1-3-5-14)21(33)30-24-32-31-22(35-24)15-6-8-16(26)9-7-15/h1-11,13,20H,12H2,(H2,28,29,34)(H,30,32,33). The fourth-order valence-corrected chi connectivity index (χ4v) is 4.07. The third-order valence-corrected chi connectivity index (χ3v) is 6.01. The zero-order valence-electron chi connectivity index (χ0n) is 18.0. The first-order valence-corrected chi connectivity index (χ1v) is 11.5. The van der Waals surface area contributed by atoms with Gasteiger partial charge in [-0.2, -0.15) is 0 Å². The fraction of sp³-hybridized carbons (Fsp3) is 0.0833. The highest BCUT2D eigenvalue weighted by molar-refractivity contribution is 7.18. The molecule has 0 fully saturated rings. The summed E-state index contributed by atoms with van der Waals surface area (Å²) in [5.74, 6) is -1.50. The normalized spacial score (nSPS) is 11.5. The molecular formula is C24H18ClF2N5O2S. The summed E-state index contributed by atoms with van der Waals surface area (Å²) in [6, 6.07) is 17.0. The number of rotatable bonds is 7. The smallest absolute Gasteiger partial charge is 0.319 e. The predicted molar refractivity (Wildman–Crippen MR) is 131 cm³/mol. The van der Waals surface area contributed by atoms with Crippen molar-refractivity contribution in [1.82, 2.24) is 15.5 Å². The molecular weight excluding hydrogens is 496 g/mol. The average Bonchev–Trinajstić information content (AvgIpc) is 3.30. The van der Waals surface area contributed by atoms with E-state index in [2.05, 4.69) is 26.1 Å². The first-order chi connectivity index (χ1) is 16.9. The number of urea groups is 1. The Morgan fingerprint density at radius 2 is 1.69 bits per heavy atom. The van der Waals surface area contributed by atoms with E-state index in [1.165, 1.54) is 24.3 Å². The second kappa shape index (κ2) is 11.0. The highest BCUT2D eigenvalue weighted by Crippen LogP contribution is 2.26. The number of anilines is 2. The predicted octanol–water partition coefficient (Wildman–Crippen LogP) is 5.51. The van der Waals surface area contributed by atoms with Gasteiger partial charge in [-0.3, -0.25) is 10.1 Å². The molecule has 3 N–H and O–H groups in total. The minimum atomic E-state index is -0.966. The van der Waals surface area contributed by atoms with Gasteiger partial charge in [0.25, 0.3) is 0 Å². The quantitative estimate of drug-likeness (QED) is 0.304. The molecule has 4 rings (SSSR count). The van der Waals surface area contributed by atoms with Crippen LogP contribution in [0, 0.1) is 11.6 Å². The molecule has 0 saturated carbocycles. The Balaban J connectivity index is 1.47. The molecule has 11 heteroatoms. The van der Waals surface area contributed by atoms with Gasteiger partial charge in [-0.1, -0.05) is 53.3 Å². The van der Waals surface area contributed by atoms with Crippen LogP contribution in [0.2, 0.25) is 5.02 Å². The van der Waals surface area contributed by atoms with E-state index in [4.69, 9.17) is 11.6 Å². The Morgan fingerprint density at radius 3 is 2.40 bits per heavy atom. The van der Waals surface area contributed by atoms with Crippen molar-refractivity contribution in [2.75, 3.05) is 10.6 Å². The van der Waals surface area contributed by atoms with Gasteiger partial charge in [-0.05, 0) is 48.0 Å². The number of aromatic nitrogens is 2. The van der Waals surface area contributed by atoms with E-state index in [1.54, 1.807) is 12.1 Å². The molecule has 4 aromatic rings. The van der Waals surface area contributed by atoms with E-state index in [0.717, 1.165) is 23.0 Å². The van der Waals surface area contributed by atoms with Crippen LogP contribution in [-0.4, -0.2) is 28.2 Å². The van der Waals surface area contributed by atoms with Crippen molar-refractivity contribution in [3.8, 4) is 10.6 Å². The number of nitrogens with one attached hydrogen (secondary N) is 3. The van der Waals surface area contributed by atoms with Crippen LogP contribution in [0.15, 0.2) is 72.8 Å². The van der Waals surface area contributed by atoms with Gasteiger partial charge in [-0.25, -0.2) is 13.6 Å².